The average Bonchev–Trinajstić information content (AvgIpc) is 2.92. The van der Waals surface area contributed by atoms with E-state index in [-0.39, 0.29) is 5.78 Å². The standard InChI is InChI=1S/C14H12N2OS/c1-16(10-13(17)14-6-3-7-18-14)12-5-2-4-11(8-12)9-15/h2-8H,10H2,1H3. The molecule has 0 N–H and O–H groups in total. The number of hydrogen-bond donors (Lipinski definition) is 0. The van der Waals surface area contributed by atoms with E-state index in [2.05, 4.69) is 6.07 Å². The van der Waals surface area contributed by atoms with Gasteiger partial charge in [0.25, 0.3) is 0 Å². The van der Waals surface area contributed by atoms with Crippen LogP contribution in [0.3, 0.4) is 0 Å². The Morgan fingerprint density at radius 2 is 2.22 bits per heavy atom. The van der Waals surface area contributed by atoms with Gasteiger partial charge in [0.2, 0.25) is 0 Å². The van der Waals surface area contributed by atoms with Gasteiger partial charge in [0.05, 0.1) is 23.1 Å². The van der Waals surface area contributed by atoms with Crippen molar-refractivity contribution in [3.05, 3.63) is 52.2 Å². The van der Waals surface area contributed by atoms with E-state index >= 15 is 0 Å². The molecule has 2 rings (SSSR count). The fourth-order valence-corrected chi connectivity index (χ4v) is 2.29. The fraction of sp³-hybridized carbons (Fsp3) is 0.143. The smallest absolute Gasteiger partial charge is 0.191 e. The van der Waals surface area contributed by atoms with Crippen LogP contribution in [0.2, 0.25) is 0 Å². The predicted octanol–water partition coefficient (Wildman–Crippen LogP) is 2.94. The first kappa shape index (κ1) is 12.3. The number of rotatable bonds is 4. The van der Waals surface area contributed by atoms with Crippen molar-refractivity contribution in [1.82, 2.24) is 0 Å². The lowest BCUT2D eigenvalue weighted by Crippen LogP contribution is -2.25. The third-order valence-corrected chi connectivity index (χ3v) is 3.50. The summed E-state index contributed by atoms with van der Waals surface area (Å²) in [5, 5.41) is 10.7. The number of likely N-dealkylation sites (N-methyl/N-ethyl adjacent to an activating group) is 1. The number of thiophene rings is 1. The van der Waals surface area contributed by atoms with Gasteiger partial charge in [-0.15, -0.1) is 11.3 Å². The van der Waals surface area contributed by atoms with E-state index in [0.29, 0.717) is 12.1 Å². The highest BCUT2D eigenvalue weighted by Gasteiger charge is 2.10. The summed E-state index contributed by atoms with van der Waals surface area (Å²) in [5.74, 6) is 0.0925. The second-order valence-corrected chi connectivity index (χ2v) is 4.87. The Labute approximate surface area is 110 Å². The minimum Gasteiger partial charge on any atom is -0.367 e. The Kier molecular flexibility index (Phi) is 3.75. The number of ketones is 1. The number of hydrogen-bond acceptors (Lipinski definition) is 4. The third-order valence-electron chi connectivity index (χ3n) is 2.59. The molecule has 0 bridgehead atoms. The van der Waals surface area contributed by atoms with Gasteiger partial charge >= 0.3 is 0 Å². The highest BCUT2D eigenvalue weighted by molar-refractivity contribution is 7.12. The summed E-state index contributed by atoms with van der Waals surface area (Å²) in [7, 11) is 1.85. The van der Waals surface area contributed by atoms with Crippen molar-refractivity contribution in [2.24, 2.45) is 0 Å². The average molecular weight is 256 g/mol. The summed E-state index contributed by atoms with van der Waals surface area (Å²) in [6, 6.07) is 13.0. The molecule has 0 spiro atoms. The van der Waals surface area contributed by atoms with Crippen molar-refractivity contribution < 1.29 is 4.79 Å². The summed E-state index contributed by atoms with van der Waals surface area (Å²) in [6.45, 7) is 0.315. The molecule has 0 radical (unpaired) electrons. The highest BCUT2D eigenvalue weighted by Crippen LogP contribution is 2.16. The number of nitriles is 1. The van der Waals surface area contributed by atoms with Crippen LogP contribution in [0.15, 0.2) is 41.8 Å². The molecule has 0 saturated carbocycles. The Morgan fingerprint density at radius 1 is 1.39 bits per heavy atom. The molecule has 0 atom stereocenters. The molecular weight excluding hydrogens is 244 g/mol. The van der Waals surface area contributed by atoms with Gasteiger partial charge < -0.3 is 4.90 Å². The van der Waals surface area contributed by atoms with E-state index in [0.717, 1.165) is 10.6 Å². The molecule has 90 valence electrons. The molecule has 1 aromatic heterocycles. The number of nitrogens with zero attached hydrogens (tertiary/aromatic N) is 2. The van der Waals surface area contributed by atoms with Gasteiger partial charge in [-0.1, -0.05) is 12.1 Å². The molecule has 1 aromatic carbocycles. The first-order valence-corrected chi connectivity index (χ1v) is 6.36. The number of Topliss-reactive ketones (excluding diaryl/α,β-unsaturated/α-hetero) is 1. The van der Waals surface area contributed by atoms with Crippen molar-refractivity contribution in [1.29, 1.82) is 5.26 Å². The highest BCUT2D eigenvalue weighted by atomic mass is 32.1. The van der Waals surface area contributed by atoms with Crippen molar-refractivity contribution in [2.45, 2.75) is 0 Å². The van der Waals surface area contributed by atoms with Gasteiger partial charge in [0, 0.05) is 12.7 Å². The Balaban J connectivity index is 2.10. The van der Waals surface area contributed by atoms with Crippen LogP contribution in [0.5, 0.6) is 0 Å². The zero-order valence-electron chi connectivity index (χ0n) is 9.96. The quantitative estimate of drug-likeness (QED) is 0.790. The van der Waals surface area contributed by atoms with E-state index in [1.165, 1.54) is 11.3 Å². The maximum atomic E-state index is 11.9. The maximum Gasteiger partial charge on any atom is 0.191 e. The molecule has 4 heteroatoms. The molecular formula is C14H12N2OS. The van der Waals surface area contributed by atoms with Crippen LogP contribution in [-0.2, 0) is 0 Å². The second-order valence-electron chi connectivity index (χ2n) is 3.92. The molecule has 0 aliphatic carbocycles. The van der Waals surface area contributed by atoms with Crippen molar-refractivity contribution in [3.8, 4) is 6.07 Å². The van der Waals surface area contributed by atoms with Crippen LogP contribution >= 0.6 is 11.3 Å². The number of carbonyl (C=O) groups is 1. The lowest BCUT2D eigenvalue weighted by molar-refractivity contribution is 0.100. The number of anilines is 1. The maximum absolute atomic E-state index is 11.9. The molecule has 2 aromatic rings. The van der Waals surface area contributed by atoms with Crippen LogP contribution in [-0.4, -0.2) is 19.4 Å². The first-order valence-electron chi connectivity index (χ1n) is 5.48. The molecule has 3 nitrogen and oxygen atoms in total. The normalized spacial score (nSPS) is 9.78. The van der Waals surface area contributed by atoms with Gasteiger partial charge in [-0.2, -0.15) is 5.26 Å². The largest absolute Gasteiger partial charge is 0.367 e. The lowest BCUT2D eigenvalue weighted by atomic mass is 10.2. The summed E-state index contributed by atoms with van der Waals surface area (Å²) in [5.41, 5.74) is 1.47. The SMILES string of the molecule is CN(CC(=O)c1cccs1)c1cccc(C#N)c1. The van der Waals surface area contributed by atoms with E-state index in [1.807, 2.05) is 41.6 Å². The topological polar surface area (TPSA) is 44.1 Å². The Morgan fingerprint density at radius 3 is 2.89 bits per heavy atom. The minimum atomic E-state index is 0.0925. The molecule has 0 unspecified atom stereocenters. The van der Waals surface area contributed by atoms with Crippen LogP contribution in [0.1, 0.15) is 15.2 Å². The summed E-state index contributed by atoms with van der Waals surface area (Å²) >= 11 is 1.45. The fourth-order valence-electron chi connectivity index (χ4n) is 1.63. The Bertz CT molecular complexity index is 584. The van der Waals surface area contributed by atoms with Crippen LogP contribution in [0, 0.1) is 11.3 Å². The molecule has 0 aliphatic rings. The number of benzene rings is 1. The predicted molar refractivity (Wildman–Crippen MR) is 73.1 cm³/mol. The molecule has 0 amide bonds. The monoisotopic (exact) mass is 256 g/mol. The van der Waals surface area contributed by atoms with Crippen LogP contribution in [0.25, 0.3) is 0 Å². The molecule has 0 aliphatic heterocycles. The first-order chi connectivity index (χ1) is 8.70. The van der Waals surface area contributed by atoms with Crippen LogP contribution < -0.4 is 4.90 Å². The van der Waals surface area contributed by atoms with E-state index in [9.17, 15) is 4.79 Å². The van der Waals surface area contributed by atoms with E-state index in [1.54, 1.807) is 12.1 Å². The van der Waals surface area contributed by atoms with Gasteiger partial charge in [0.15, 0.2) is 5.78 Å². The van der Waals surface area contributed by atoms with Crippen molar-refractivity contribution >= 4 is 22.8 Å². The molecule has 0 saturated heterocycles. The Hall–Kier alpha value is -2.12. The van der Waals surface area contributed by atoms with Gasteiger partial charge in [-0.25, -0.2) is 0 Å². The lowest BCUT2D eigenvalue weighted by Gasteiger charge is -2.18. The van der Waals surface area contributed by atoms with E-state index in [4.69, 9.17) is 5.26 Å². The van der Waals surface area contributed by atoms with Gasteiger partial charge in [0.1, 0.15) is 0 Å². The molecule has 18 heavy (non-hydrogen) atoms. The van der Waals surface area contributed by atoms with Crippen molar-refractivity contribution in [3.63, 3.8) is 0 Å². The summed E-state index contributed by atoms with van der Waals surface area (Å²) < 4.78 is 0. The second kappa shape index (κ2) is 5.48. The van der Waals surface area contributed by atoms with E-state index < -0.39 is 0 Å². The van der Waals surface area contributed by atoms with Crippen LogP contribution in [0.4, 0.5) is 5.69 Å². The minimum absolute atomic E-state index is 0.0925. The van der Waals surface area contributed by atoms with Crippen molar-refractivity contribution in [2.75, 3.05) is 18.5 Å². The zero-order valence-corrected chi connectivity index (χ0v) is 10.8. The third kappa shape index (κ3) is 2.76. The molecule has 0 fully saturated rings. The zero-order chi connectivity index (χ0) is 13.0. The summed E-state index contributed by atoms with van der Waals surface area (Å²) in [4.78, 5) is 14.6. The number of carbonyl (C=O) groups excluding carboxylic acids is 1. The molecule has 1 heterocycles. The van der Waals surface area contributed by atoms with Gasteiger partial charge in [-0.05, 0) is 29.6 Å². The summed E-state index contributed by atoms with van der Waals surface area (Å²) in [6.07, 6.45) is 0. The van der Waals surface area contributed by atoms with Gasteiger partial charge in [-0.3, -0.25) is 4.79 Å².